The minimum Gasteiger partial charge on any atom is -0.370 e. The summed E-state index contributed by atoms with van der Waals surface area (Å²) in [5.74, 6) is -0.624. The first-order valence-corrected chi connectivity index (χ1v) is 7.70. The molecule has 0 aliphatic rings. The lowest BCUT2D eigenvalue weighted by atomic mass is 10.0. The molecule has 0 amide bonds. The summed E-state index contributed by atoms with van der Waals surface area (Å²) in [7, 11) is 0. The molecule has 1 aromatic carbocycles. The van der Waals surface area contributed by atoms with E-state index in [-0.39, 0.29) is 67.1 Å². The van der Waals surface area contributed by atoms with Crippen molar-refractivity contribution in [2.75, 3.05) is 0 Å². The number of nitrogens with zero attached hydrogens (tertiary/aromatic N) is 12. The topological polar surface area (TPSA) is 162 Å². The van der Waals surface area contributed by atoms with Gasteiger partial charge in [-0.25, -0.2) is 4.85 Å². The fourth-order valence-electron chi connectivity index (χ4n) is 2.94. The van der Waals surface area contributed by atoms with E-state index in [1.807, 2.05) is 6.07 Å². The molecule has 0 aliphatic heterocycles. The Morgan fingerprint density at radius 1 is 0.600 bits per heavy atom. The van der Waals surface area contributed by atoms with Crippen LogP contribution in [0.25, 0.3) is 47.4 Å². The third-order valence-corrected chi connectivity index (χ3v) is 4.13. The average molecular weight is 384 g/mol. The third kappa shape index (κ3) is 2.14. The third-order valence-electron chi connectivity index (χ3n) is 4.13. The van der Waals surface area contributed by atoms with Crippen LogP contribution in [0.3, 0.4) is 0 Å². The van der Waals surface area contributed by atoms with Crippen LogP contribution < -0.4 is 0 Å². The summed E-state index contributed by atoms with van der Waals surface area (Å²) < 4.78 is 0. The van der Waals surface area contributed by atoms with E-state index in [1.54, 1.807) is 12.1 Å². The lowest BCUT2D eigenvalue weighted by Gasteiger charge is -2.07. The summed E-state index contributed by atoms with van der Waals surface area (Å²) >= 11 is 0. The van der Waals surface area contributed by atoms with Crippen molar-refractivity contribution in [1.29, 1.82) is 15.8 Å². The maximum Gasteiger partial charge on any atom is 0.294 e. The number of aromatic nitrogens is 6. The SMILES string of the molecule is [C-]#[N+]c1nc2c3nnc(C#N)c(C#N)c3c3nnc(C#N)c([N+]#[C-])c3c2nc1[N+]#[C-]. The van der Waals surface area contributed by atoms with Crippen LogP contribution in [0.5, 0.6) is 0 Å². The van der Waals surface area contributed by atoms with Gasteiger partial charge < -0.3 is 9.69 Å². The molecule has 4 rings (SSSR count). The molecule has 0 bridgehead atoms. The van der Waals surface area contributed by atoms with Gasteiger partial charge >= 0.3 is 0 Å². The van der Waals surface area contributed by atoms with E-state index in [9.17, 15) is 15.8 Å². The summed E-state index contributed by atoms with van der Waals surface area (Å²) in [5, 5.41) is 43.7. The van der Waals surface area contributed by atoms with Gasteiger partial charge in [-0.05, 0) is 0 Å². The van der Waals surface area contributed by atoms with E-state index in [2.05, 4.69) is 44.9 Å². The molecule has 3 aromatic heterocycles. The molecule has 0 spiro atoms. The van der Waals surface area contributed by atoms with Gasteiger partial charge in [-0.15, -0.1) is 20.2 Å². The van der Waals surface area contributed by atoms with Gasteiger partial charge in [0, 0.05) is 0 Å². The van der Waals surface area contributed by atoms with Crippen LogP contribution in [-0.4, -0.2) is 30.4 Å². The first-order chi connectivity index (χ1) is 14.6. The Morgan fingerprint density at radius 3 is 1.77 bits per heavy atom. The molecule has 12 heteroatoms. The summed E-state index contributed by atoms with van der Waals surface area (Å²) in [6.45, 7) is 22.0. The van der Waals surface area contributed by atoms with Crippen LogP contribution in [0, 0.1) is 53.7 Å². The quantitative estimate of drug-likeness (QED) is 0.327. The van der Waals surface area contributed by atoms with Gasteiger partial charge in [-0.1, -0.05) is 13.1 Å². The largest absolute Gasteiger partial charge is 0.370 e. The lowest BCUT2D eigenvalue weighted by Crippen LogP contribution is -2.01. The van der Waals surface area contributed by atoms with Crippen LogP contribution >= 0.6 is 0 Å². The van der Waals surface area contributed by atoms with Crippen molar-refractivity contribution in [3.05, 3.63) is 51.2 Å². The molecule has 4 aromatic rings. The molecule has 12 nitrogen and oxygen atoms in total. The van der Waals surface area contributed by atoms with Crippen molar-refractivity contribution in [3.63, 3.8) is 0 Å². The van der Waals surface area contributed by atoms with Gasteiger partial charge in [-0.3, -0.25) is 0 Å². The molecule has 0 unspecified atom stereocenters. The first kappa shape index (κ1) is 17.6. The van der Waals surface area contributed by atoms with E-state index >= 15 is 0 Å². The fourth-order valence-corrected chi connectivity index (χ4v) is 2.94. The number of fused-ring (bicyclic) bond motifs is 6. The summed E-state index contributed by atoms with van der Waals surface area (Å²) in [6.07, 6.45) is 0. The highest BCUT2D eigenvalue weighted by Crippen LogP contribution is 2.40. The van der Waals surface area contributed by atoms with Crippen molar-refractivity contribution >= 4 is 50.2 Å². The number of hydrogen-bond donors (Lipinski definition) is 0. The molecule has 30 heavy (non-hydrogen) atoms. The van der Waals surface area contributed by atoms with E-state index in [1.165, 1.54) is 0 Å². The highest BCUT2D eigenvalue weighted by atomic mass is 15.1. The highest BCUT2D eigenvalue weighted by molar-refractivity contribution is 6.25. The second-order valence-electron chi connectivity index (χ2n) is 5.51. The highest BCUT2D eigenvalue weighted by Gasteiger charge is 2.28. The Balaban J connectivity index is 2.51. The van der Waals surface area contributed by atoms with Gasteiger partial charge in [-0.2, -0.15) is 26.0 Å². The fraction of sp³-hybridized carbons (Fsp3) is 0. The average Bonchev–Trinajstić information content (AvgIpc) is 2.80. The Bertz CT molecular complexity index is 1690. The van der Waals surface area contributed by atoms with Crippen molar-refractivity contribution in [2.45, 2.75) is 0 Å². The Morgan fingerprint density at radius 2 is 1.20 bits per heavy atom. The molecule has 3 heterocycles. The van der Waals surface area contributed by atoms with Crippen LogP contribution in [0.2, 0.25) is 0 Å². The van der Waals surface area contributed by atoms with Gasteiger partial charge in [0.1, 0.15) is 23.8 Å². The van der Waals surface area contributed by atoms with Crippen LogP contribution in [0.1, 0.15) is 17.0 Å². The van der Waals surface area contributed by atoms with Crippen molar-refractivity contribution in [2.24, 2.45) is 0 Å². The molecule has 0 radical (unpaired) electrons. The zero-order chi connectivity index (χ0) is 21.4. The van der Waals surface area contributed by atoms with Crippen LogP contribution in [0.15, 0.2) is 0 Å². The zero-order valence-electron chi connectivity index (χ0n) is 14.4. The first-order valence-electron chi connectivity index (χ1n) is 7.70. The van der Waals surface area contributed by atoms with Crippen molar-refractivity contribution < 1.29 is 0 Å². The molecular formula is C18N12. The molecule has 132 valence electrons. The molecule has 0 atom stereocenters. The number of benzene rings is 1. The molecular weight excluding hydrogens is 384 g/mol. The minimum atomic E-state index is -0.313. The second-order valence-corrected chi connectivity index (χ2v) is 5.51. The summed E-state index contributed by atoms with van der Waals surface area (Å²) in [4.78, 5) is 18.0. The summed E-state index contributed by atoms with van der Waals surface area (Å²) in [5.41, 5.74) is -1.03. The normalized spacial score (nSPS) is 9.80. The van der Waals surface area contributed by atoms with Gasteiger partial charge in [0.25, 0.3) is 11.6 Å². The zero-order valence-corrected chi connectivity index (χ0v) is 14.4. The van der Waals surface area contributed by atoms with E-state index in [4.69, 9.17) is 19.7 Å². The maximum atomic E-state index is 9.64. The van der Waals surface area contributed by atoms with Crippen LogP contribution in [-0.2, 0) is 0 Å². The molecule has 0 fully saturated rings. The number of hydrogen-bond acceptors (Lipinski definition) is 9. The number of nitriles is 3. The van der Waals surface area contributed by atoms with Crippen LogP contribution in [0.4, 0.5) is 17.3 Å². The molecule has 0 N–H and O–H groups in total. The van der Waals surface area contributed by atoms with E-state index < -0.39 is 0 Å². The standard InChI is InChI=1S/C18N12/c1-22-12-9(6-21)28-29-13-10-7(4-19)8(5-20)27-30-15(10)16-14(11(12)13)25-17(23-2)18(24-3)26-16. The Labute approximate surface area is 166 Å². The predicted octanol–water partition coefficient (Wildman–Crippen LogP) is 2.78. The molecule has 0 saturated heterocycles. The van der Waals surface area contributed by atoms with E-state index in [0.29, 0.717) is 0 Å². The minimum absolute atomic E-state index is 0.00285. The number of rotatable bonds is 0. The predicted molar refractivity (Wildman–Crippen MR) is 98.7 cm³/mol. The Kier molecular flexibility index (Phi) is 3.76. The smallest absolute Gasteiger partial charge is 0.294 e. The molecule has 0 aliphatic carbocycles. The van der Waals surface area contributed by atoms with Gasteiger partial charge in [0.15, 0.2) is 16.9 Å². The lowest BCUT2D eigenvalue weighted by molar-refractivity contribution is 1.04. The van der Waals surface area contributed by atoms with Gasteiger partial charge in [0.05, 0.1) is 22.9 Å². The van der Waals surface area contributed by atoms with Gasteiger partial charge in [0.2, 0.25) is 16.7 Å². The maximum absolute atomic E-state index is 9.64. The summed E-state index contributed by atoms with van der Waals surface area (Å²) in [6, 6.07) is 5.40. The van der Waals surface area contributed by atoms with Crippen molar-refractivity contribution in [1.82, 2.24) is 30.4 Å². The van der Waals surface area contributed by atoms with Crippen molar-refractivity contribution in [3.8, 4) is 18.2 Å². The molecule has 0 saturated carbocycles. The second kappa shape index (κ2) is 6.41. The Hall–Kier alpha value is -5.82. The monoisotopic (exact) mass is 384 g/mol. The van der Waals surface area contributed by atoms with E-state index in [0.717, 1.165) is 0 Å².